The molecule has 0 saturated carbocycles. The first-order valence-corrected chi connectivity index (χ1v) is 5.65. The molecule has 0 spiro atoms. The van der Waals surface area contributed by atoms with E-state index in [2.05, 4.69) is 9.47 Å². The molecule has 108 valence electrons. The third-order valence-corrected chi connectivity index (χ3v) is 2.26. The third kappa shape index (κ3) is 3.75. The van der Waals surface area contributed by atoms with Crippen molar-refractivity contribution in [2.45, 2.75) is 19.6 Å². The van der Waals surface area contributed by atoms with Crippen molar-refractivity contribution in [3.05, 3.63) is 39.9 Å². The highest BCUT2D eigenvalue weighted by atomic mass is 16.7. The van der Waals surface area contributed by atoms with Crippen LogP contribution in [0.1, 0.15) is 24.2 Å². The van der Waals surface area contributed by atoms with Gasteiger partial charge in [0.1, 0.15) is 0 Å². The molecule has 1 rings (SSSR count). The maximum atomic E-state index is 11.7. The van der Waals surface area contributed by atoms with Gasteiger partial charge in [0, 0.05) is 19.1 Å². The SMILES string of the molecule is CCOC(=O)[C@](C)(O)OC(=O)c1ccc([N+](=O)[O-])cc1. The van der Waals surface area contributed by atoms with Gasteiger partial charge in [-0.1, -0.05) is 0 Å². The first-order valence-electron chi connectivity index (χ1n) is 5.65. The molecule has 1 aromatic carbocycles. The van der Waals surface area contributed by atoms with E-state index in [1.54, 1.807) is 0 Å². The predicted molar refractivity (Wildman–Crippen MR) is 65.8 cm³/mol. The molecule has 8 heteroatoms. The Morgan fingerprint density at radius 1 is 1.35 bits per heavy atom. The zero-order valence-corrected chi connectivity index (χ0v) is 10.9. The molecule has 0 aliphatic rings. The second-order valence-corrected chi connectivity index (χ2v) is 3.90. The van der Waals surface area contributed by atoms with Gasteiger partial charge in [-0.3, -0.25) is 10.1 Å². The number of hydrogen-bond donors (Lipinski definition) is 1. The summed E-state index contributed by atoms with van der Waals surface area (Å²) < 4.78 is 9.15. The van der Waals surface area contributed by atoms with Crippen LogP contribution >= 0.6 is 0 Å². The number of carbonyl (C=O) groups is 2. The maximum absolute atomic E-state index is 11.7. The number of ether oxygens (including phenoxy) is 2. The number of hydrogen-bond acceptors (Lipinski definition) is 7. The molecule has 8 nitrogen and oxygen atoms in total. The number of nitro benzene ring substituents is 1. The third-order valence-electron chi connectivity index (χ3n) is 2.26. The number of benzene rings is 1. The van der Waals surface area contributed by atoms with E-state index < -0.39 is 22.6 Å². The van der Waals surface area contributed by atoms with Crippen molar-refractivity contribution in [2.75, 3.05) is 6.61 Å². The molecule has 0 bridgehead atoms. The molecule has 1 atom stereocenters. The summed E-state index contributed by atoms with van der Waals surface area (Å²) in [4.78, 5) is 32.9. The summed E-state index contributed by atoms with van der Waals surface area (Å²) in [7, 11) is 0. The van der Waals surface area contributed by atoms with Gasteiger partial charge in [0.2, 0.25) is 0 Å². The highest BCUT2D eigenvalue weighted by Gasteiger charge is 2.37. The van der Waals surface area contributed by atoms with Crippen molar-refractivity contribution >= 4 is 17.6 Å². The van der Waals surface area contributed by atoms with E-state index in [0.717, 1.165) is 31.2 Å². The summed E-state index contributed by atoms with van der Waals surface area (Å²) in [6.45, 7) is 2.52. The summed E-state index contributed by atoms with van der Waals surface area (Å²) >= 11 is 0. The molecule has 1 N–H and O–H groups in total. The van der Waals surface area contributed by atoms with E-state index in [0.29, 0.717) is 0 Å². The lowest BCUT2D eigenvalue weighted by atomic mass is 10.2. The highest BCUT2D eigenvalue weighted by Crippen LogP contribution is 2.16. The first-order chi connectivity index (χ1) is 9.27. The van der Waals surface area contributed by atoms with E-state index in [9.17, 15) is 24.8 Å². The van der Waals surface area contributed by atoms with Crippen LogP contribution in [0.2, 0.25) is 0 Å². The summed E-state index contributed by atoms with van der Waals surface area (Å²) in [5.74, 6) is -4.53. The van der Waals surface area contributed by atoms with Crippen LogP contribution in [-0.4, -0.2) is 34.4 Å². The molecule has 0 radical (unpaired) electrons. The van der Waals surface area contributed by atoms with Crippen molar-refractivity contribution in [1.82, 2.24) is 0 Å². The molecule has 0 fully saturated rings. The lowest BCUT2D eigenvalue weighted by Gasteiger charge is -2.20. The van der Waals surface area contributed by atoms with Gasteiger partial charge in [-0.25, -0.2) is 9.59 Å². The molecular weight excluding hydrogens is 270 g/mol. The molecule has 0 aliphatic heterocycles. The van der Waals surface area contributed by atoms with Crippen LogP contribution in [0.3, 0.4) is 0 Å². The predicted octanol–water partition coefficient (Wildman–Crippen LogP) is 1.02. The Morgan fingerprint density at radius 2 is 1.90 bits per heavy atom. The van der Waals surface area contributed by atoms with E-state index in [-0.39, 0.29) is 17.9 Å². The standard InChI is InChI=1S/C12H13NO7/c1-3-19-11(15)12(2,16)20-10(14)8-4-6-9(7-5-8)13(17)18/h4-7,16H,3H2,1-2H3/t12-/m1/s1. The van der Waals surface area contributed by atoms with E-state index in [1.807, 2.05) is 0 Å². The van der Waals surface area contributed by atoms with Gasteiger partial charge in [0.05, 0.1) is 17.1 Å². The van der Waals surface area contributed by atoms with Crippen molar-refractivity contribution in [2.24, 2.45) is 0 Å². The molecule has 0 aromatic heterocycles. The zero-order valence-electron chi connectivity index (χ0n) is 10.9. The molecule has 0 unspecified atom stereocenters. The number of aliphatic hydroxyl groups is 1. The Kier molecular flexibility index (Phi) is 4.76. The molecule has 1 aromatic rings. The van der Waals surface area contributed by atoms with E-state index in [4.69, 9.17) is 0 Å². The smallest absolute Gasteiger partial charge is 0.379 e. The van der Waals surface area contributed by atoms with E-state index in [1.165, 1.54) is 6.92 Å². The monoisotopic (exact) mass is 283 g/mol. The van der Waals surface area contributed by atoms with Crippen molar-refractivity contribution in [3.63, 3.8) is 0 Å². The average molecular weight is 283 g/mol. The summed E-state index contributed by atoms with van der Waals surface area (Å²) in [5, 5.41) is 20.1. The number of carbonyl (C=O) groups excluding carboxylic acids is 2. The quantitative estimate of drug-likeness (QED) is 0.371. The Hall–Kier alpha value is -2.48. The summed E-state index contributed by atoms with van der Waals surface area (Å²) in [5.41, 5.74) is -0.237. The van der Waals surface area contributed by atoms with Gasteiger partial charge in [-0.2, -0.15) is 0 Å². The number of nitrogens with zero attached hydrogens (tertiary/aromatic N) is 1. The van der Waals surface area contributed by atoms with Crippen LogP contribution in [0.25, 0.3) is 0 Å². The number of non-ortho nitro benzene ring substituents is 1. The van der Waals surface area contributed by atoms with Crippen LogP contribution in [0.15, 0.2) is 24.3 Å². The highest BCUT2D eigenvalue weighted by molar-refractivity contribution is 5.92. The van der Waals surface area contributed by atoms with Gasteiger partial charge < -0.3 is 14.6 Å². The van der Waals surface area contributed by atoms with Crippen LogP contribution in [0.5, 0.6) is 0 Å². The number of esters is 2. The van der Waals surface area contributed by atoms with Crippen molar-refractivity contribution < 1.29 is 29.1 Å². The second kappa shape index (κ2) is 6.11. The fourth-order valence-electron chi connectivity index (χ4n) is 1.27. The van der Waals surface area contributed by atoms with Gasteiger partial charge in [0.15, 0.2) is 0 Å². The number of nitro groups is 1. The summed E-state index contributed by atoms with van der Waals surface area (Å²) in [6, 6.07) is 4.52. The van der Waals surface area contributed by atoms with Gasteiger partial charge in [-0.15, -0.1) is 0 Å². The minimum Gasteiger partial charge on any atom is -0.461 e. The van der Waals surface area contributed by atoms with Gasteiger partial charge in [0.25, 0.3) is 5.69 Å². The van der Waals surface area contributed by atoms with Gasteiger partial charge >= 0.3 is 17.7 Å². The lowest BCUT2D eigenvalue weighted by molar-refractivity contribution is -0.384. The molecule has 0 amide bonds. The Labute approximate surface area is 114 Å². The normalized spacial score (nSPS) is 13.2. The lowest BCUT2D eigenvalue weighted by Crippen LogP contribution is -2.41. The van der Waals surface area contributed by atoms with Crippen LogP contribution in [0.4, 0.5) is 5.69 Å². The van der Waals surface area contributed by atoms with Crippen LogP contribution in [0, 0.1) is 10.1 Å². The first kappa shape index (κ1) is 15.6. The van der Waals surface area contributed by atoms with Crippen molar-refractivity contribution in [3.8, 4) is 0 Å². The topological polar surface area (TPSA) is 116 Å². The largest absolute Gasteiger partial charge is 0.461 e. The fourth-order valence-corrected chi connectivity index (χ4v) is 1.27. The molecule has 0 heterocycles. The van der Waals surface area contributed by atoms with Crippen LogP contribution in [-0.2, 0) is 14.3 Å². The van der Waals surface area contributed by atoms with E-state index >= 15 is 0 Å². The Morgan fingerprint density at radius 3 is 2.35 bits per heavy atom. The maximum Gasteiger partial charge on any atom is 0.379 e. The Bertz CT molecular complexity index is 521. The molecular formula is C12H13NO7. The average Bonchev–Trinajstić information content (AvgIpc) is 2.38. The molecule has 0 saturated heterocycles. The summed E-state index contributed by atoms with van der Waals surface area (Å²) in [6.07, 6.45) is 0. The fraction of sp³-hybridized carbons (Fsp3) is 0.333. The Balaban J connectivity index is 2.80. The second-order valence-electron chi connectivity index (χ2n) is 3.90. The zero-order chi connectivity index (χ0) is 15.3. The number of rotatable bonds is 5. The minimum absolute atomic E-state index is 0.0179. The molecule has 20 heavy (non-hydrogen) atoms. The molecule has 0 aliphatic carbocycles. The van der Waals surface area contributed by atoms with Crippen molar-refractivity contribution in [1.29, 1.82) is 0 Å². The van der Waals surface area contributed by atoms with Gasteiger partial charge in [-0.05, 0) is 19.1 Å². The van der Waals surface area contributed by atoms with Crippen LogP contribution < -0.4 is 0 Å². The minimum atomic E-state index is -2.42.